The Morgan fingerprint density at radius 2 is 1.74 bits per heavy atom. The van der Waals surface area contributed by atoms with Crippen molar-refractivity contribution in [1.29, 1.82) is 0 Å². The second-order valence-electron chi connectivity index (χ2n) is 8.89. The van der Waals surface area contributed by atoms with Gasteiger partial charge in [-0.1, -0.05) is 41.9 Å². The summed E-state index contributed by atoms with van der Waals surface area (Å²) in [5, 5.41) is -0.227. The molecule has 3 aromatic carbocycles. The topological polar surface area (TPSA) is 96.0 Å². The molecular formula is C26H22ClF2N3O5S. The van der Waals surface area contributed by atoms with Crippen LogP contribution in [-0.2, 0) is 32.6 Å². The largest absolute Gasteiger partial charge is 0.444 e. The fourth-order valence-corrected chi connectivity index (χ4v) is 5.91. The van der Waals surface area contributed by atoms with Crippen molar-refractivity contribution < 1.29 is 31.5 Å². The van der Waals surface area contributed by atoms with Crippen LogP contribution in [0.3, 0.4) is 0 Å². The van der Waals surface area contributed by atoms with Gasteiger partial charge in [0.05, 0.1) is 16.3 Å². The van der Waals surface area contributed by atoms with Gasteiger partial charge in [0.15, 0.2) is 11.6 Å². The first-order valence-corrected chi connectivity index (χ1v) is 13.6. The van der Waals surface area contributed by atoms with Gasteiger partial charge in [0.2, 0.25) is 5.91 Å². The SMILES string of the molecule is O=C1CCCN1c1cc(S(=O)(=O)Nc2c(F)cc(Cl)cc2F)cc2c1N(C(=O)OCc1ccccc1)CC2. The molecule has 0 aromatic heterocycles. The third-order valence-electron chi connectivity index (χ3n) is 6.36. The maximum absolute atomic E-state index is 14.3. The number of carbonyl (C=O) groups is 2. The molecule has 0 atom stereocenters. The summed E-state index contributed by atoms with van der Waals surface area (Å²) < 4.78 is 62.5. The summed E-state index contributed by atoms with van der Waals surface area (Å²) in [5.41, 5.74) is 0.998. The van der Waals surface area contributed by atoms with Gasteiger partial charge in [0.1, 0.15) is 12.3 Å². The smallest absolute Gasteiger partial charge is 0.414 e. The summed E-state index contributed by atoms with van der Waals surface area (Å²) in [6.07, 6.45) is 0.476. The van der Waals surface area contributed by atoms with Crippen molar-refractivity contribution in [2.24, 2.45) is 0 Å². The second-order valence-corrected chi connectivity index (χ2v) is 11.0. The van der Waals surface area contributed by atoms with Gasteiger partial charge in [-0.3, -0.25) is 14.4 Å². The highest BCUT2D eigenvalue weighted by atomic mass is 35.5. The molecule has 0 unspecified atom stereocenters. The van der Waals surface area contributed by atoms with Crippen molar-refractivity contribution >= 4 is 50.7 Å². The van der Waals surface area contributed by atoms with Gasteiger partial charge < -0.3 is 9.64 Å². The number of hydrogen-bond acceptors (Lipinski definition) is 5. The van der Waals surface area contributed by atoms with Crippen LogP contribution in [0, 0.1) is 11.6 Å². The Hall–Kier alpha value is -3.70. The Morgan fingerprint density at radius 1 is 1.03 bits per heavy atom. The number of halogens is 3. The van der Waals surface area contributed by atoms with E-state index in [0.717, 1.165) is 17.7 Å². The number of hydrogen-bond donors (Lipinski definition) is 1. The standard InChI is InChI=1S/C26H22ClF2N3O5S/c27-18-12-20(28)24(21(29)13-18)30-38(35,36)19-11-17-8-10-32(26(34)37-15-16-5-2-1-3-6-16)25(17)22(14-19)31-9-4-7-23(31)33/h1-3,5-6,11-14,30H,4,7-10,15H2. The van der Waals surface area contributed by atoms with Crippen molar-refractivity contribution in [3.05, 3.63) is 82.4 Å². The minimum Gasteiger partial charge on any atom is -0.444 e. The molecule has 0 bridgehead atoms. The number of anilines is 3. The van der Waals surface area contributed by atoms with Gasteiger partial charge in [-0.25, -0.2) is 22.0 Å². The van der Waals surface area contributed by atoms with E-state index in [2.05, 4.69) is 0 Å². The van der Waals surface area contributed by atoms with Crippen molar-refractivity contribution in [2.45, 2.75) is 30.8 Å². The molecule has 1 saturated heterocycles. The molecule has 2 heterocycles. The van der Waals surface area contributed by atoms with Crippen LogP contribution in [0.15, 0.2) is 59.5 Å². The van der Waals surface area contributed by atoms with Gasteiger partial charge >= 0.3 is 6.09 Å². The maximum Gasteiger partial charge on any atom is 0.414 e. The molecule has 1 N–H and O–H groups in total. The van der Waals surface area contributed by atoms with Crippen molar-refractivity contribution in [2.75, 3.05) is 27.6 Å². The number of nitrogens with zero attached hydrogens (tertiary/aromatic N) is 2. The highest BCUT2D eigenvalue weighted by molar-refractivity contribution is 7.92. The number of carbonyl (C=O) groups excluding carboxylic acids is 2. The summed E-state index contributed by atoms with van der Waals surface area (Å²) in [6.45, 7) is 0.572. The predicted molar refractivity (Wildman–Crippen MR) is 138 cm³/mol. The fourth-order valence-electron chi connectivity index (χ4n) is 4.57. The first-order chi connectivity index (χ1) is 18.1. The van der Waals surface area contributed by atoms with Gasteiger partial charge in [0, 0.05) is 24.5 Å². The van der Waals surface area contributed by atoms with E-state index in [0.29, 0.717) is 24.2 Å². The van der Waals surface area contributed by atoms with Gasteiger partial charge in [-0.15, -0.1) is 0 Å². The average molecular weight is 562 g/mol. The first-order valence-electron chi connectivity index (χ1n) is 11.8. The van der Waals surface area contributed by atoms with Crippen molar-refractivity contribution in [1.82, 2.24) is 0 Å². The van der Waals surface area contributed by atoms with Gasteiger partial charge in [-0.2, -0.15) is 0 Å². The molecule has 8 nitrogen and oxygen atoms in total. The lowest BCUT2D eigenvalue weighted by Crippen LogP contribution is -2.32. The van der Waals surface area contributed by atoms with E-state index in [1.54, 1.807) is 0 Å². The van der Waals surface area contributed by atoms with Crippen LogP contribution in [0.2, 0.25) is 5.02 Å². The third kappa shape index (κ3) is 5.03. The number of fused-ring (bicyclic) bond motifs is 1. The van der Waals surface area contributed by atoms with Crippen molar-refractivity contribution in [3.63, 3.8) is 0 Å². The highest BCUT2D eigenvalue weighted by Gasteiger charge is 2.35. The molecule has 2 amide bonds. The molecule has 0 spiro atoms. The molecule has 12 heteroatoms. The zero-order chi connectivity index (χ0) is 27.0. The van der Waals surface area contributed by atoms with Crippen LogP contribution < -0.4 is 14.5 Å². The summed E-state index contributed by atoms with van der Waals surface area (Å²) in [7, 11) is -4.49. The van der Waals surface area contributed by atoms with Crippen LogP contribution in [0.1, 0.15) is 24.0 Å². The monoisotopic (exact) mass is 561 g/mol. The van der Waals surface area contributed by atoms with E-state index < -0.39 is 33.4 Å². The average Bonchev–Trinajstić information content (AvgIpc) is 3.51. The number of amides is 2. The number of benzene rings is 3. The molecule has 0 aliphatic carbocycles. The summed E-state index contributed by atoms with van der Waals surface area (Å²) in [4.78, 5) is 28.2. The number of nitrogens with one attached hydrogen (secondary N) is 1. The van der Waals surface area contributed by atoms with Crippen LogP contribution in [0.4, 0.5) is 30.6 Å². The summed E-state index contributed by atoms with van der Waals surface area (Å²) in [6, 6.07) is 13.3. The number of sulfonamides is 1. The number of ether oxygens (including phenoxy) is 1. The van der Waals surface area contributed by atoms with Gasteiger partial charge in [0.25, 0.3) is 10.0 Å². The van der Waals surface area contributed by atoms with Crippen molar-refractivity contribution in [3.8, 4) is 0 Å². The molecule has 0 saturated carbocycles. The fraction of sp³-hybridized carbons (Fsp3) is 0.231. The molecule has 1 fully saturated rings. The van der Waals surface area contributed by atoms with E-state index >= 15 is 0 Å². The van der Waals surface area contributed by atoms with E-state index in [-0.39, 0.29) is 47.5 Å². The zero-order valence-electron chi connectivity index (χ0n) is 19.9. The molecule has 5 rings (SSSR count). The Morgan fingerprint density at radius 3 is 2.39 bits per heavy atom. The van der Waals surface area contributed by atoms with Crippen LogP contribution in [0.5, 0.6) is 0 Å². The third-order valence-corrected chi connectivity index (χ3v) is 7.91. The molecule has 2 aliphatic rings. The molecule has 3 aromatic rings. The van der Waals surface area contributed by atoms with E-state index in [9.17, 15) is 26.8 Å². The zero-order valence-corrected chi connectivity index (χ0v) is 21.5. The Bertz CT molecular complexity index is 1510. The van der Waals surface area contributed by atoms with Gasteiger partial charge in [-0.05, 0) is 48.2 Å². The molecule has 2 aliphatic heterocycles. The quantitative estimate of drug-likeness (QED) is 0.444. The van der Waals surface area contributed by atoms with Crippen LogP contribution in [0.25, 0.3) is 0 Å². The Balaban J connectivity index is 1.51. The Kier molecular flexibility index (Phi) is 6.97. The van der Waals surface area contributed by atoms with E-state index in [1.165, 1.54) is 21.9 Å². The summed E-state index contributed by atoms with van der Waals surface area (Å²) >= 11 is 5.64. The molecular weight excluding hydrogens is 540 g/mol. The van der Waals surface area contributed by atoms with Crippen LogP contribution >= 0.6 is 11.6 Å². The lowest BCUT2D eigenvalue weighted by atomic mass is 10.1. The predicted octanol–water partition coefficient (Wildman–Crippen LogP) is 5.25. The Labute approximate surface area is 222 Å². The second kappa shape index (κ2) is 10.2. The minimum atomic E-state index is -4.49. The minimum absolute atomic E-state index is 0.0398. The van der Waals surface area contributed by atoms with E-state index in [4.69, 9.17) is 16.3 Å². The number of rotatable bonds is 6. The molecule has 38 heavy (non-hydrogen) atoms. The lowest BCUT2D eigenvalue weighted by Gasteiger charge is -2.25. The van der Waals surface area contributed by atoms with E-state index in [1.807, 2.05) is 35.1 Å². The normalized spacial score (nSPS) is 15.1. The highest BCUT2D eigenvalue weighted by Crippen LogP contribution is 2.42. The first kappa shape index (κ1) is 25.9. The molecule has 198 valence electrons. The maximum atomic E-state index is 14.3. The lowest BCUT2D eigenvalue weighted by molar-refractivity contribution is -0.117. The molecule has 0 radical (unpaired) electrons. The summed E-state index contributed by atoms with van der Waals surface area (Å²) in [5.74, 6) is -2.59. The van der Waals surface area contributed by atoms with Crippen LogP contribution in [-0.4, -0.2) is 33.5 Å².